The average Bonchev–Trinajstić information content (AvgIpc) is 2.44. The molecule has 0 fully saturated rings. The highest BCUT2D eigenvalue weighted by atomic mass is 16.5. The third-order valence-corrected chi connectivity index (χ3v) is 3.18. The van der Waals surface area contributed by atoms with Crippen molar-refractivity contribution in [3.63, 3.8) is 0 Å². The molecule has 0 aliphatic rings. The van der Waals surface area contributed by atoms with Crippen LogP contribution in [0.2, 0.25) is 0 Å². The molecule has 6 nitrogen and oxygen atoms in total. The molecule has 0 saturated heterocycles. The summed E-state index contributed by atoms with van der Waals surface area (Å²) < 4.78 is 5.25. The van der Waals surface area contributed by atoms with Gasteiger partial charge in [-0.05, 0) is 17.9 Å². The monoisotopic (exact) mass is 308 g/mol. The predicted octanol–water partition coefficient (Wildman–Crippen LogP) is 2.08. The Bertz CT molecular complexity index is 476. The first kappa shape index (κ1) is 18.0. The fraction of sp³-hybridized carbons (Fsp3) is 0.500. The molecule has 122 valence electrons. The standard InChI is InChI=1S/C16H24N2O4/c1-12(2)8-14(10-22-11-15(17)19)18(16(20)21)9-13-6-4-3-5-7-13/h3-7,12,14H,8-11H2,1-2H3,(H2,17,19)(H,20,21)/t14-/m0/s1. The van der Waals surface area contributed by atoms with Gasteiger partial charge in [0.15, 0.2) is 0 Å². The summed E-state index contributed by atoms with van der Waals surface area (Å²) in [6.45, 7) is 4.27. The third kappa shape index (κ3) is 6.58. The zero-order chi connectivity index (χ0) is 16.5. The minimum absolute atomic E-state index is 0.153. The van der Waals surface area contributed by atoms with Gasteiger partial charge in [-0.2, -0.15) is 0 Å². The highest BCUT2D eigenvalue weighted by Gasteiger charge is 2.24. The van der Waals surface area contributed by atoms with Crippen molar-refractivity contribution in [2.75, 3.05) is 13.2 Å². The van der Waals surface area contributed by atoms with Crippen LogP contribution in [0.5, 0.6) is 0 Å². The molecule has 22 heavy (non-hydrogen) atoms. The van der Waals surface area contributed by atoms with Crippen molar-refractivity contribution < 1.29 is 19.4 Å². The number of ether oxygens (including phenoxy) is 1. The van der Waals surface area contributed by atoms with Crippen LogP contribution in [0.15, 0.2) is 30.3 Å². The fourth-order valence-electron chi connectivity index (χ4n) is 2.26. The normalized spacial score (nSPS) is 12.1. The average molecular weight is 308 g/mol. The van der Waals surface area contributed by atoms with Crippen molar-refractivity contribution in [1.29, 1.82) is 0 Å². The number of nitrogens with two attached hydrogens (primary N) is 1. The molecule has 3 N–H and O–H groups in total. The third-order valence-electron chi connectivity index (χ3n) is 3.18. The van der Waals surface area contributed by atoms with Crippen LogP contribution < -0.4 is 5.73 Å². The van der Waals surface area contributed by atoms with Gasteiger partial charge in [0.1, 0.15) is 6.61 Å². The number of benzene rings is 1. The summed E-state index contributed by atoms with van der Waals surface area (Å²) in [5, 5.41) is 9.51. The van der Waals surface area contributed by atoms with E-state index in [4.69, 9.17) is 10.5 Å². The summed E-state index contributed by atoms with van der Waals surface area (Å²) in [4.78, 5) is 23.7. The Labute approximate surface area is 130 Å². The summed E-state index contributed by atoms with van der Waals surface area (Å²) in [5.74, 6) is -0.256. The van der Waals surface area contributed by atoms with Crippen LogP contribution in [-0.2, 0) is 16.1 Å². The van der Waals surface area contributed by atoms with E-state index >= 15 is 0 Å². The number of carboxylic acid groups (broad SMARTS) is 1. The molecule has 1 aromatic carbocycles. The van der Waals surface area contributed by atoms with Gasteiger partial charge in [-0.15, -0.1) is 0 Å². The zero-order valence-corrected chi connectivity index (χ0v) is 13.1. The summed E-state index contributed by atoms with van der Waals surface area (Å²) in [7, 11) is 0. The lowest BCUT2D eigenvalue weighted by atomic mass is 10.0. The summed E-state index contributed by atoms with van der Waals surface area (Å²) >= 11 is 0. The second-order valence-electron chi connectivity index (χ2n) is 5.66. The molecule has 2 amide bonds. The first-order valence-electron chi connectivity index (χ1n) is 7.29. The van der Waals surface area contributed by atoms with Gasteiger partial charge < -0.3 is 15.6 Å². The molecule has 0 spiro atoms. The number of amides is 2. The van der Waals surface area contributed by atoms with Gasteiger partial charge in [0, 0.05) is 6.54 Å². The maximum atomic E-state index is 11.6. The van der Waals surface area contributed by atoms with E-state index in [0.29, 0.717) is 12.3 Å². The van der Waals surface area contributed by atoms with Crippen molar-refractivity contribution in [1.82, 2.24) is 4.90 Å². The zero-order valence-electron chi connectivity index (χ0n) is 13.1. The van der Waals surface area contributed by atoms with E-state index < -0.39 is 12.0 Å². The molecule has 0 heterocycles. The van der Waals surface area contributed by atoms with Gasteiger partial charge in [-0.25, -0.2) is 4.79 Å². The molecule has 0 bridgehead atoms. The van der Waals surface area contributed by atoms with Crippen LogP contribution in [0.25, 0.3) is 0 Å². The molecule has 1 aromatic rings. The highest BCUT2D eigenvalue weighted by Crippen LogP contribution is 2.16. The Hall–Kier alpha value is -2.08. The van der Waals surface area contributed by atoms with E-state index in [0.717, 1.165) is 5.56 Å². The highest BCUT2D eigenvalue weighted by molar-refractivity contribution is 5.75. The lowest BCUT2D eigenvalue weighted by Gasteiger charge is -2.30. The Morgan fingerprint density at radius 2 is 1.91 bits per heavy atom. The van der Waals surface area contributed by atoms with Crippen molar-refractivity contribution in [3.05, 3.63) is 35.9 Å². The summed E-state index contributed by atoms with van der Waals surface area (Å²) in [5.41, 5.74) is 5.96. The van der Waals surface area contributed by atoms with E-state index in [9.17, 15) is 14.7 Å². The molecule has 0 saturated carbocycles. The van der Waals surface area contributed by atoms with E-state index in [2.05, 4.69) is 0 Å². The van der Waals surface area contributed by atoms with E-state index in [-0.39, 0.29) is 25.8 Å². The summed E-state index contributed by atoms with van der Waals surface area (Å²) in [6, 6.07) is 9.07. The lowest BCUT2D eigenvalue weighted by molar-refractivity contribution is -0.123. The predicted molar refractivity (Wildman–Crippen MR) is 83.3 cm³/mol. The number of primary amides is 1. The number of hydrogen-bond donors (Lipinski definition) is 2. The quantitative estimate of drug-likeness (QED) is 0.730. The Morgan fingerprint density at radius 3 is 2.41 bits per heavy atom. The molecule has 1 atom stereocenters. The van der Waals surface area contributed by atoms with Crippen molar-refractivity contribution in [2.45, 2.75) is 32.9 Å². The largest absolute Gasteiger partial charge is 0.465 e. The summed E-state index contributed by atoms with van der Waals surface area (Å²) in [6.07, 6.45) is -0.352. The van der Waals surface area contributed by atoms with Crippen LogP contribution in [-0.4, -0.2) is 41.3 Å². The SMILES string of the molecule is CC(C)C[C@@H](COCC(N)=O)N(Cc1ccccc1)C(=O)O. The smallest absolute Gasteiger partial charge is 0.407 e. The first-order chi connectivity index (χ1) is 10.4. The molecule has 0 aliphatic heterocycles. The number of nitrogens with zero attached hydrogens (tertiary/aromatic N) is 1. The van der Waals surface area contributed by atoms with E-state index in [1.807, 2.05) is 44.2 Å². The van der Waals surface area contributed by atoms with E-state index in [1.165, 1.54) is 4.90 Å². The Morgan fingerprint density at radius 1 is 1.27 bits per heavy atom. The first-order valence-corrected chi connectivity index (χ1v) is 7.29. The maximum Gasteiger partial charge on any atom is 0.407 e. The van der Waals surface area contributed by atoms with Gasteiger partial charge in [0.2, 0.25) is 5.91 Å². The van der Waals surface area contributed by atoms with Gasteiger partial charge in [0.25, 0.3) is 0 Å². The number of hydrogen-bond acceptors (Lipinski definition) is 3. The van der Waals surface area contributed by atoms with Crippen LogP contribution in [0.3, 0.4) is 0 Å². The van der Waals surface area contributed by atoms with Crippen LogP contribution in [0.1, 0.15) is 25.8 Å². The van der Waals surface area contributed by atoms with Crippen LogP contribution >= 0.6 is 0 Å². The maximum absolute atomic E-state index is 11.6. The molecule has 1 rings (SSSR count). The minimum Gasteiger partial charge on any atom is -0.465 e. The molecular formula is C16H24N2O4. The van der Waals surface area contributed by atoms with Gasteiger partial charge >= 0.3 is 6.09 Å². The Balaban J connectivity index is 2.79. The topological polar surface area (TPSA) is 92.9 Å². The van der Waals surface area contributed by atoms with Crippen molar-refractivity contribution in [3.8, 4) is 0 Å². The Kier molecular flexibility index (Phi) is 7.39. The second-order valence-corrected chi connectivity index (χ2v) is 5.66. The molecule has 6 heteroatoms. The molecule has 0 aromatic heterocycles. The second kappa shape index (κ2) is 9.04. The number of rotatable bonds is 9. The van der Waals surface area contributed by atoms with Gasteiger partial charge in [0.05, 0.1) is 12.6 Å². The van der Waals surface area contributed by atoms with Crippen LogP contribution in [0, 0.1) is 5.92 Å². The van der Waals surface area contributed by atoms with Gasteiger partial charge in [-0.3, -0.25) is 9.69 Å². The molecular weight excluding hydrogens is 284 g/mol. The molecule has 0 unspecified atom stereocenters. The molecule has 0 aliphatic carbocycles. The van der Waals surface area contributed by atoms with Crippen molar-refractivity contribution >= 4 is 12.0 Å². The fourth-order valence-corrected chi connectivity index (χ4v) is 2.26. The lowest BCUT2D eigenvalue weighted by Crippen LogP contribution is -2.43. The van der Waals surface area contributed by atoms with Crippen molar-refractivity contribution in [2.24, 2.45) is 11.7 Å². The minimum atomic E-state index is -1.00. The van der Waals surface area contributed by atoms with E-state index in [1.54, 1.807) is 0 Å². The molecule has 0 radical (unpaired) electrons. The van der Waals surface area contributed by atoms with Crippen LogP contribution in [0.4, 0.5) is 4.79 Å². The number of carbonyl (C=O) groups excluding carboxylic acids is 1. The number of carbonyl (C=O) groups is 2. The van der Waals surface area contributed by atoms with Gasteiger partial charge in [-0.1, -0.05) is 44.2 Å².